The number of benzene rings is 1. The van der Waals surface area contributed by atoms with Crippen LogP contribution in [0.5, 0.6) is 5.75 Å². The van der Waals surface area contributed by atoms with Gasteiger partial charge in [-0.3, -0.25) is 0 Å². The summed E-state index contributed by atoms with van der Waals surface area (Å²) in [6.45, 7) is 8.67. The summed E-state index contributed by atoms with van der Waals surface area (Å²) in [5, 5.41) is 3.66. The zero-order valence-corrected chi connectivity index (χ0v) is 13.7. The number of ether oxygens (including phenoxy) is 2. The predicted molar refractivity (Wildman–Crippen MR) is 87.0 cm³/mol. The molecule has 1 aromatic carbocycles. The van der Waals surface area contributed by atoms with E-state index in [1.807, 2.05) is 13.8 Å². The van der Waals surface area contributed by atoms with Crippen molar-refractivity contribution in [3.8, 4) is 5.75 Å². The van der Waals surface area contributed by atoms with Gasteiger partial charge in [0.1, 0.15) is 12.4 Å². The Kier molecular flexibility index (Phi) is 6.52. The van der Waals surface area contributed by atoms with Gasteiger partial charge in [0, 0.05) is 6.04 Å². The van der Waals surface area contributed by atoms with Crippen LogP contribution in [-0.2, 0) is 11.2 Å². The Morgan fingerprint density at radius 2 is 2.14 bits per heavy atom. The van der Waals surface area contributed by atoms with E-state index in [2.05, 4.69) is 30.4 Å². The van der Waals surface area contributed by atoms with Crippen LogP contribution in [0.2, 0.25) is 0 Å². The van der Waals surface area contributed by atoms with Gasteiger partial charge in [-0.15, -0.1) is 0 Å². The Bertz CT molecular complexity index is 431. The van der Waals surface area contributed by atoms with Gasteiger partial charge >= 0.3 is 0 Å². The van der Waals surface area contributed by atoms with Crippen LogP contribution >= 0.6 is 0 Å². The molecule has 2 rings (SSSR count). The van der Waals surface area contributed by atoms with Gasteiger partial charge in [-0.1, -0.05) is 19.1 Å². The molecule has 1 aliphatic rings. The first-order valence-electron chi connectivity index (χ1n) is 8.32. The highest BCUT2D eigenvalue weighted by atomic mass is 16.5. The van der Waals surface area contributed by atoms with Gasteiger partial charge in [0.25, 0.3) is 0 Å². The molecule has 0 radical (unpaired) electrons. The second-order valence-corrected chi connectivity index (χ2v) is 5.99. The van der Waals surface area contributed by atoms with Gasteiger partial charge in [0.05, 0.1) is 12.7 Å². The molecule has 21 heavy (non-hydrogen) atoms. The first kappa shape index (κ1) is 16.3. The lowest BCUT2D eigenvalue weighted by Gasteiger charge is -2.28. The van der Waals surface area contributed by atoms with Crippen molar-refractivity contribution in [2.45, 2.75) is 58.6 Å². The number of hydrogen-bond acceptors (Lipinski definition) is 3. The SMILES string of the molecule is CCCNC1CCCc2c(OCCOC(C)C)cccc21. The van der Waals surface area contributed by atoms with E-state index in [4.69, 9.17) is 9.47 Å². The van der Waals surface area contributed by atoms with E-state index in [9.17, 15) is 0 Å². The molecule has 1 unspecified atom stereocenters. The number of hydrogen-bond donors (Lipinski definition) is 1. The lowest BCUT2D eigenvalue weighted by molar-refractivity contribution is 0.0550. The van der Waals surface area contributed by atoms with Crippen molar-refractivity contribution < 1.29 is 9.47 Å². The standard InChI is InChI=1S/C18H29NO2/c1-4-11-19-17-9-5-8-16-15(17)7-6-10-18(16)21-13-12-20-14(2)3/h6-7,10,14,17,19H,4-5,8-9,11-13H2,1-3H3. The summed E-state index contributed by atoms with van der Waals surface area (Å²) in [6.07, 6.45) is 5.03. The van der Waals surface area contributed by atoms with Crippen molar-refractivity contribution in [3.63, 3.8) is 0 Å². The van der Waals surface area contributed by atoms with Crippen molar-refractivity contribution in [1.29, 1.82) is 0 Å². The molecule has 1 aliphatic carbocycles. The highest BCUT2D eigenvalue weighted by Gasteiger charge is 2.22. The molecule has 1 atom stereocenters. The van der Waals surface area contributed by atoms with Crippen molar-refractivity contribution in [2.75, 3.05) is 19.8 Å². The molecule has 3 nitrogen and oxygen atoms in total. The maximum absolute atomic E-state index is 5.95. The summed E-state index contributed by atoms with van der Waals surface area (Å²) in [7, 11) is 0. The van der Waals surface area contributed by atoms with Crippen LogP contribution < -0.4 is 10.1 Å². The summed E-state index contributed by atoms with van der Waals surface area (Å²) in [5.74, 6) is 1.04. The predicted octanol–water partition coefficient (Wildman–Crippen LogP) is 3.87. The maximum atomic E-state index is 5.95. The third-order valence-electron chi connectivity index (χ3n) is 3.90. The highest BCUT2D eigenvalue weighted by molar-refractivity contribution is 5.43. The maximum Gasteiger partial charge on any atom is 0.122 e. The molecule has 0 amide bonds. The van der Waals surface area contributed by atoms with Gasteiger partial charge in [0.15, 0.2) is 0 Å². The molecular formula is C18H29NO2. The molecular weight excluding hydrogens is 262 g/mol. The van der Waals surface area contributed by atoms with Gasteiger partial charge in [-0.25, -0.2) is 0 Å². The van der Waals surface area contributed by atoms with E-state index in [1.165, 1.54) is 30.4 Å². The third kappa shape index (κ3) is 4.72. The number of rotatable bonds is 8. The van der Waals surface area contributed by atoms with Crippen LogP contribution in [0.1, 0.15) is 57.2 Å². The molecule has 1 aromatic rings. The number of fused-ring (bicyclic) bond motifs is 1. The smallest absolute Gasteiger partial charge is 0.122 e. The first-order valence-corrected chi connectivity index (χ1v) is 8.32. The van der Waals surface area contributed by atoms with Crippen molar-refractivity contribution in [3.05, 3.63) is 29.3 Å². The van der Waals surface area contributed by atoms with Crippen LogP contribution in [0.4, 0.5) is 0 Å². The minimum Gasteiger partial charge on any atom is -0.491 e. The zero-order chi connectivity index (χ0) is 15.1. The van der Waals surface area contributed by atoms with E-state index >= 15 is 0 Å². The monoisotopic (exact) mass is 291 g/mol. The van der Waals surface area contributed by atoms with Crippen LogP contribution in [-0.4, -0.2) is 25.9 Å². The highest BCUT2D eigenvalue weighted by Crippen LogP contribution is 2.35. The summed E-state index contributed by atoms with van der Waals surface area (Å²) >= 11 is 0. The van der Waals surface area contributed by atoms with Gasteiger partial charge in [-0.2, -0.15) is 0 Å². The molecule has 0 saturated heterocycles. The van der Waals surface area contributed by atoms with Crippen LogP contribution in [0.3, 0.4) is 0 Å². The fourth-order valence-electron chi connectivity index (χ4n) is 2.92. The molecule has 0 spiro atoms. The topological polar surface area (TPSA) is 30.5 Å². The van der Waals surface area contributed by atoms with E-state index in [1.54, 1.807) is 0 Å². The molecule has 1 N–H and O–H groups in total. The fourth-order valence-corrected chi connectivity index (χ4v) is 2.92. The molecule has 0 aromatic heterocycles. The Morgan fingerprint density at radius 3 is 2.90 bits per heavy atom. The normalized spacial score (nSPS) is 17.8. The Labute approximate surface area is 129 Å². The molecule has 0 fully saturated rings. The van der Waals surface area contributed by atoms with E-state index in [-0.39, 0.29) is 6.10 Å². The lowest BCUT2D eigenvalue weighted by Crippen LogP contribution is -2.26. The third-order valence-corrected chi connectivity index (χ3v) is 3.90. The first-order chi connectivity index (χ1) is 10.2. The largest absolute Gasteiger partial charge is 0.491 e. The van der Waals surface area contributed by atoms with E-state index < -0.39 is 0 Å². The minimum atomic E-state index is 0.265. The minimum absolute atomic E-state index is 0.265. The van der Waals surface area contributed by atoms with Gasteiger partial charge in [0.2, 0.25) is 0 Å². The van der Waals surface area contributed by atoms with Crippen LogP contribution in [0.25, 0.3) is 0 Å². The average molecular weight is 291 g/mol. The summed E-state index contributed by atoms with van der Waals surface area (Å²) in [6, 6.07) is 6.95. The summed E-state index contributed by atoms with van der Waals surface area (Å²) in [5.41, 5.74) is 2.82. The molecule has 118 valence electrons. The van der Waals surface area contributed by atoms with E-state index in [0.717, 1.165) is 18.7 Å². The lowest BCUT2D eigenvalue weighted by atomic mass is 9.87. The number of nitrogens with one attached hydrogen (secondary N) is 1. The van der Waals surface area contributed by atoms with E-state index in [0.29, 0.717) is 19.3 Å². The van der Waals surface area contributed by atoms with Crippen molar-refractivity contribution >= 4 is 0 Å². The fraction of sp³-hybridized carbons (Fsp3) is 0.667. The Morgan fingerprint density at radius 1 is 1.29 bits per heavy atom. The van der Waals surface area contributed by atoms with Crippen molar-refractivity contribution in [2.24, 2.45) is 0 Å². The zero-order valence-electron chi connectivity index (χ0n) is 13.7. The molecule has 0 aliphatic heterocycles. The Balaban J connectivity index is 2.00. The summed E-state index contributed by atoms with van der Waals surface area (Å²) in [4.78, 5) is 0. The molecule has 0 saturated carbocycles. The molecule has 0 bridgehead atoms. The molecule has 3 heteroatoms. The second-order valence-electron chi connectivity index (χ2n) is 5.99. The summed E-state index contributed by atoms with van der Waals surface area (Å²) < 4.78 is 11.5. The van der Waals surface area contributed by atoms with Crippen molar-refractivity contribution in [1.82, 2.24) is 5.32 Å². The van der Waals surface area contributed by atoms with Crippen LogP contribution in [0.15, 0.2) is 18.2 Å². The quantitative estimate of drug-likeness (QED) is 0.738. The second kappa shape index (κ2) is 8.40. The van der Waals surface area contributed by atoms with Gasteiger partial charge < -0.3 is 14.8 Å². The van der Waals surface area contributed by atoms with Crippen LogP contribution in [0, 0.1) is 0 Å². The average Bonchev–Trinajstić information content (AvgIpc) is 2.49. The van der Waals surface area contributed by atoms with Gasteiger partial charge in [-0.05, 0) is 63.3 Å². The Hall–Kier alpha value is -1.06. The molecule has 0 heterocycles.